The maximum atomic E-state index is 13.4. The van der Waals surface area contributed by atoms with Gasteiger partial charge in [-0.3, -0.25) is 0 Å². The Balaban J connectivity index is 1.10. The van der Waals surface area contributed by atoms with Gasteiger partial charge in [-0.1, -0.05) is 42.5 Å². The van der Waals surface area contributed by atoms with Crippen LogP contribution in [0.5, 0.6) is 0 Å². The molecule has 216 valence electrons. The lowest BCUT2D eigenvalue weighted by atomic mass is 9.78. The van der Waals surface area contributed by atoms with Gasteiger partial charge < -0.3 is 25.8 Å². The molecule has 3 aromatic carbocycles. The van der Waals surface area contributed by atoms with Crippen LogP contribution in [0.1, 0.15) is 29.0 Å². The number of hydrogen-bond acceptors (Lipinski definition) is 6. The molecule has 6 rings (SSSR count). The van der Waals surface area contributed by atoms with E-state index in [4.69, 9.17) is 4.98 Å². The molecule has 8 nitrogen and oxygen atoms in total. The van der Waals surface area contributed by atoms with Crippen LogP contribution < -0.4 is 16.0 Å². The van der Waals surface area contributed by atoms with E-state index < -0.39 is 11.8 Å². The minimum atomic E-state index is -0.425. The van der Waals surface area contributed by atoms with Gasteiger partial charge in [-0.2, -0.15) is 0 Å². The van der Waals surface area contributed by atoms with Crippen molar-refractivity contribution in [2.75, 3.05) is 62.3 Å². The van der Waals surface area contributed by atoms with E-state index in [1.54, 1.807) is 12.1 Å². The third kappa shape index (κ3) is 6.58. The molecule has 1 fully saturated rings. The van der Waals surface area contributed by atoms with Crippen LogP contribution in [0.4, 0.5) is 26.5 Å². The van der Waals surface area contributed by atoms with Crippen LogP contribution in [0, 0.1) is 5.82 Å². The first-order valence-corrected chi connectivity index (χ1v) is 14.6. The summed E-state index contributed by atoms with van der Waals surface area (Å²) in [5.74, 6) is 0.420. The van der Waals surface area contributed by atoms with Crippen LogP contribution in [0.2, 0.25) is 0 Å². The molecule has 2 aliphatic rings. The molecule has 2 amide bonds. The molecule has 1 aromatic heterocycles. The Bertz CT molecular complexity index is 1540. The summed E-state index contributed by atoms with van der Waals surface area (Å²) in [6, 6.07) is 21.7. The lowest BCUT2D eigenvalue weighted by Gasteiger charge is -2.32. The molecule has 4 aromatic rings. The molecule has 0 bridgehead atoms. The molecule has 0 radical (unpaired) electrons. The van der Waals surface area contributed by atoms with Crippen LogP contribution >= 0.6 is 0 Å². The van der Waals surface area contributed by atoms with Gasteiger partial charge in [0.05, 0.1) is 5.69 Å². The van der Waals surface area contributed by atoms with Crippen molar-refractivity contribution < 1.29 is 9.18 Å². The molecule has 1 aliphatic carbocycles. The fourth-order valence-electron chi connectivity index (χ4n) is 5.75. The molecule has 1 atom stereocenters. The number of carbonyl (C=O) groups is 1. The summed E-state index contributed by atoms with van der Waals surface area (Å²) in [4.78, 5) is 26.9. The summed E-state index contributed by atoms with van der Waals surface area (Å²) in [6.07, 6.45) is 3.81. The second-order valence-electron chi connectivity index (χ2n) is 11.0. The number of aromatic nitrogens is 2. The number of anilines is 3. The number of rotatable bonds is 8. The molecule has 1 aliphatic heterocycles. The predicted octanol–water partition coefficient (Wildman–Crippen LogP) is 5.66. The molecule has 0 saturated carbocycles. The summed E-state index contributed by atoms with van der Waals surface area (Å²) in [7, 11) is 2.18. The van der Waals surface area contributed by atoms with E-state index >= 15 is 0 Å². The number of halogens is 1. The highest BCUT2D eigenvalue weighted by molar-refractivity contribution is 5.99. The monoisotopic (exact) mass is 565 g/mol. The van der Waals surface area contributed by atoms with E-state index in [0.717, 1.165) is 74.5 Å². The first-order chi connectivity index (χ1) is 20.5. The average molecular weight is 566 g/mol. The number of carbonyl (C=O) groups excluding carboxylic acids is 1. The molecule has 3 N–H and O–H groups in total. The summed E-state index contributed by atoms with van der Waals surface area (Å²) >= 11 is 0. The number of benzene rings is 3. The van der Waals surface area contributed by atoms with Gasteiger partial charge in [-0.25, -0.2) is 19.2 Å². The Morgan fingerprint density at radius 3 is 2.55 bits per heavy atom. The summed E-state index contributed by atoms with van der Waals surface area (Å²) < 4.78 is 13.4. The summed E-state index contributed by atoms with van der Waals surface area (Å²) in [6.45, 7) is 6.47. The van der Waals surface area contributed by atoms with E-state index in [0.29, 0.717) is 17.3 Å². The van der Waals surface area contributed by atoms with Gasteiger partial charge in [-0.15, -0.1) is 0 Å². The Kier molecular flexibility index (Phi) is 8.39. The van der Waals surface area contributed by atoms with Gasteiger partial charge in [0.1, 0.15) is 5.82 Å². The number of hydrogen-bond donors (Lipinski definition) is 3. The topological polar surface area (TPSA) is 85.4 Å². The number of nitrogens with zero attached hydrogens (tertiary/aromatic N) is 4. The predicted molar refractivity (Wildman–Crippen MR) is 166 cm³/mol. The maximum absolute atomic E-state index is 13.4. The SMILES string of the molecule is CN1CCN(CCCNc2ncc3c(n2)-c2ccccc2C(c2ccc(NC(=O)Nc4cccc(F)c4)cc2)C3)CC1. The zero-order valence-corrected chi connectivity index (χ0v) is 23.8. The van der Waals surface area contributed by atoms with Crippen molar-refractivity contribution in [2.45, 2.75) is 18.8 Å². The molecule has 0 spiro atoms. The Labute approximate surface area is 246 Å². The first kappa shape index (κ1) is 27.8. The third-order valence-electron chi connectivity index (χ3n) is 8.06. The second-order valence-corrected chi connectivity index (χ2v) is 11.0. The largest absolute Gasteiger partial charge is 0.354 e. The minimum absolute atomic E-state index is 0.148. The maximum Gasteiger partial charge on any atom is 0.323 e. The lowest BCUT2D eigenvalue weighted by molar-refractivity contribution is 0.154. The molecule has 2 heterocycles. The number of amides is 2. The molecule has 1 saturated heterocycles. The van der Waals surface area contributed by atoms with E-state index in [2.05, 4.69) is 62.0 Å². The smallest absolute Gasteiger partial charge is 0.323 e. The number of fused-ring (bicyclic) bond motifs is 3. The lowest BCUT2D eigenvalue weighted by Crippen LogP contribution is -2.44. The quantitative estimate of drug-likeness (QED) is 0.239. The minimum Gasteiger partial charge on any atom is -0.354 e. The zero-order chi connectivity index (χ0) is 28.9. The van der Waals surface area contributed by atoms with Gasteiger partial charge in [0, 0.05) is 61.8 Å². The van der Waals surface area contributed by atoms with Gasteiger partial charge >= 0.3 is 6.03 Å². The second kappa shape index (κ2) is 12.7. The van der Waals surface area contributed by atoms with Crippen molar-refractivity contribution in [3.05, 3.63) is 102 Å². The number of likely N-dealkylation sites (N-methyl/N-ethyl adjacent to an activating group) is 1. The fourth-order valence-corrected chi connectivity index (χ4v) is 5.75. The molecular weight excluding hydrogens is 529 g/mol. The average Bonchev–Trinajstić information content (AvgIpc) is 3.00. The number of piperazine rings is 1. The van der Waals surface area contributed by atoms with Crippen molar-refractivity contribution in [2.24, 2.45) is 0 Å². The molecule has 1 unspecified atom stereocenters. The van der Waals surface area contributed by atoms with Crippen molar-refractivity contribution >= 4 is 23.4 Å². The third-order valence-corrected chi connectivity index (χ3v) is 8.06. The van der Waals surface area contributed by atoms with Crippen LogP contribution in [0.25, 0.3) is 11.3 Å². The number of nitrogens with one attached hydrogen (secondary N) is 3. The van der Waals surface area contributed by atoms with Crippen molar-refractivity contribution in [3.8, 4) is 11.3 Å². The summed E-state index contributed by atoms with van der Waals surface area (Å²) in [5.41, 5.74) is 6.67. The van der Waals surface area contributed by atoms with Crippen molar-refractivity contribution in [3.63, 3.8) is 0 Å². The van der Waals surface area contributed by atoms with Crippen LogP contribution in [-0.4, -0.2) is 72.1 Å². The van der Waals surface area contributed by atoms with Crippen molar-refractivity contribution in [1.82, 2.24) is 19.8 Å². The van der Waals surface area contributed by atoms with E-state index in [-0.39, 0.29) is 5.92 Å². The Hall–Kier alpha value is -4.34. The summed E-state index contributed by atoms with van der Waals surface area (Å²) in [5, 5.41) is 8.91. The van der Waals surface area contributed by atoms with Crippen LogP contribution in [0.3, 0.4) is 0 Å². The normalized spacial score (nSPS) is 16.8. The highest BCUT2D eigenvalue weighted by Crippen LogP contribution is 2.42. The van der Waals surface area contributed by atoms with Crippen molar-refractivity contribution in [1.29, 1.82) is 0 Å². The molecule has 42 heavy (non-hydrogen) atoms. The van der Waals surface area contributed by atoms with E-state index in [9.17, 15) is 9.18 Å². The van der Waals surface area contributed by atoms with Gasteiger partial charge in [-0.05, 0) is 73.5 Å². The van der Waals surface area contributed by atoms with Crippen LogP contribution in [0.15, 0.2) is 79.0 Å². The van der Waals surface area contributed by atoms with Crippen LogP contribution in [-0.2, 0) is 6.42 Å². The highest BCUT2D eigenvalue weighted by atomic mass is 19.1. The van der Waals surface area contributed by atoms with Gasteiger partial charge in [0.15, 0.2) is 0 Å². The number of urea groups is 1. The fraction of sp³-hybridized carbons (Fsp3) is 0.303. The Morgan fingerprint density at radius 1 is 0.952 bits per heavy atom. The highest BCUT2D eigenvalue weighted by Gasteiger charge is 2.27. The van der Waals surface area contributed by atoms with E-state index in [1.807, 2.05) is 30.5 Å². The Morgan fingerprint density at radius 2 is 1.74 bits per heavy atom. The van der Waals surface area contributed by atoms with E-state index in [1.165, 1.54) is 17.7 Å². The molecule has 9 heteroatoms. The molecular formula is C33H36FN7O. The zero-order valence-electron chi connectivity index (χ0n) is 23.8. The van der Waals surface area contributed by atoms with Gasteiger partial charge in [0.2, 0.25) is 5.95 Å². The van der Waals surface area contributed by atoms with Gasteiger partial charge in [0.25, 0.3) is 0 Å². The first-order valence-electron chi connectivity index (χ1n) is 14.6. The standard InChI is InChI=1S/C33H36FN7O/c1-40-16-18-41(19-17-40)15-5-14-35-32-36-22-24-20-30(28-8-2-3-9-29(28)31(24)39-32)23-10-12-26(13-11-23)37-33(42)38-27-7-4-6-25(34)21-27/h2-4,6-13,21-22,30H,5,14-20H2,1H3,(H,35,36,39)(H2,37,38,42).